The highest BCUT2D eigenvalue weighted by atomic mass is 28.4. The highest BCUT2D eigenvalue weighted by molar-refractivity contribution is 6.69. The second-order valence-corrected chi connectivity index (χ2v) is 11.8. The Morgan fingerprint density at radius 1 is 1.00 bits per heavy atom. The molecule has 0 aromatic carbocycles. The van der Waals surface area contributed by atoms with E-state index in [1.54, 1.807) is 35.5 Å². The Morgan fingerprint density at radius 2 is 1.58 bits per heavy atom. The second-order valence-electron chi connectivity index (χ2n) is 5.00. The molecule has 1 rings (SSSR count). The molecule has 1 saturated heterocycles. The molecule has 1 heterocycles. The lowest BCUT2D eigenvalue weighted by Gasteiger charge is -2.30. The summed E-state index contributed by atoms with van der Waals surface area (Å²) in [6, 6.07) is 1.97. The van der Waals surface area contributed by atoms with Gasteiger partial charge < -0.3 is 22.1 Å². The molecular formula is C12H28O5Si2. The van der Waals surface area contributed by atoms with Gasteiger partial charge in [-0.2, -0.15) is 0 Å². The largest absolute Gasteiger partial charge is 0.500 e. The molecule has 7 heteroatoms. The molecule has 114 valence electrons. The third-order valence-electron chi connectivity index (χ3n) is 4.36. The summed E-state index contributed by atoms with van der Waals surface area (Å²) in [5, 5.41) is 0. The highest BCUT2D eigenvalue weighted by Gasteiger charge is 2.48. The second kappa shape index (κ2) is 7.87. The van der Waals surface area contributed by atoms with Crippen LogP contribution in [0.4, 0.5) is 0 Å². The fourth-order valence-corrected chi connectivity index (χ4v) is 8.51. The van der Waals surface area contributed by atoms with Crippen LogP contribution in [0.3, 0.4) is 0 Å². The van der Waals surface area contributed by atoms with E-state index in [-0.39, 0.29) is 0 Å². The molecule has 0 bridgehead atoms. The summed E-state index contributed by atoms with van der Waals surface area (Å²) in [5.74, 6) is 0. The summed E-state index contributed by atoms with van der Waals surface area (Å²) in [6.45, 7) is 0. The lowest BCUT2D eigenvalue weighted by molar-refractivity contribution is 0.122. The molecule has 1 atom stereocenters. The maximum absolute atomic E-state index is 5.76. The third kappa shape index (κ3) is 3.87. The van der Waals surface area contributed by atoms with Crippen LogP contribution in [0, 0.1) is 0 Å². The van der Waals surface area contributed by atoms with E-state index in [4.69, 9.17) is 22.1 Å². The first-order valence-electron chi connectivity index (χ1n) is 6.87. The molecule has 0 N–H and O–H groups in total. The Balaban J connectivity index is 2.48. The van der Waals surface area contributed by atoms with Crippen molar-refractivity contribution >= 4 is 17.4 Å². The lowest BCUT2D eigenvalue weighted by atomic mass is 10.2. The van der Waals surface area contributed by atoms with Crippen molar-refractivity contribution in [2.75, 3.05) is 35.5 Å². The van der Waals surface area contributed by atoms with Gasteiger partial charge in [0, 0.05) is 47.1 Å². The zero-order valence-corrected chi connectivity index (χ0v) is 14.9. The summed E-state index contributed by atoms with van der Waals surface area (Å²) in [7, 11) is 4.22. The maximum atomic E-state index is 5.76. The minimum Gasteiger partial charge on any atom is -0.397 e. The average Bonchev–Trinajstić information content (AvgIpc) is 2.87. The third-order valence-corrected chi connectivity index (χ3v) is 11.4. The van der Waals surface area contributed by atoms with Gasteiger partial charge >= 0.3 is 17.4 Å². The molecule has 0 amide bonds. The average molecular weight is 309 g/mol. The van der Waals surface area contributed by atoms with Crippen molar-refractivity contribution in [3.63, 3.8) is 0 Å². The molecule has 5 nitrogen and oxygen atoms in total. The van der Waals surface area contributed by atoms with Crippen LogP contribution in [0.1, 0.15) is 25.7 Å². The summed E-state index contributed by atoms with van der Waals surface area (Å²) in [6.07, 6.45) is 4.59. The van der Waals surface area contributed by atoms with Gasteiger partial charge in [0.25, 0.3) is 0 Å². The first-order chi connectivity index (χ1) is 9.12. The zero-order valence-electron chi connectivity index (χ0n) is 12.9. The van der Waals surface area contributed by atoms with Crippen LogP contribution in [-0.2, 0) is 22.1 Å². The van der Waals surface area contributed by atoms with E-state index in [2.05, 4.69) is 0 Å². The van der Waals surface area contributed by atoms with Gasteiger partial charge in [-0.15, -0.1) is 0 Å². The van der Waals surface area contributed by atoms with Crippen LogP contribution >= 0.6 is 0 Å². The fourth-order valence-electron chi connectivity index (χ4n) is 3.13. The molecule has 1 aliphatic rings. The topological polar surface area (TPSA) is 46.2 Å². The van der Waals surface area contributed by atoms with E-state index < -0.39 is 17.4 Å². The van der Waals surface area contributed by atoms with E-state index >= 15 is 0 Å². The van der Waals surface area contributed by atoms with Gasteiger partial charge in [-0.05, 0) is 25.3 Å². The molecule has 0 aromatic heterocycles. The van der Waals surface area contributed by atoms with Crippen molar-refractivity contribution in [2.45, 2.75) is 43.3 Å². The summed E-state index contributed by atoms with van der Waals surface area (Å²) < 4.78 is 27.9. The molecule has 0 aromatic rings. The molecule has 0 radical (unpaired) electrons. The van der Waals surface area contributed by atoms with Crippen LogP contribution in [-0.4, -0.2) is 52.9 Å². The number of hydrogen-bond donors (Lipinski definition) is 0. The van der Waals surface area contributed by atoms with Crippen LogP contribution in [0.2, 0.25) is 17.6 Å². The maximum Gasteiger partial charge on any atom is 0.500 e. The van der Waals surface area contributed by atoms with Gasteiger partial charge in [-0.25, -0.2) is 0 Å². The van der Waals surface area contributed by atoms with Crippen LogP contribution in [0.25, 0.3) is 0 Å². The van der Waals surface area contributed by atoms with Crippen LogP contribution in [0.15, 0.2) is 0 Å². The van der Waals surface area contributed by atoms with Crippen molar-refractivity contribution in [1.29, 1.82) is 0 Å². The zero-order chi connectivity index (χ0) is 14.4. The van der Waals surface area contributed by atoms with E-state index in [0.717, 1.165) is 24.9 Å². The predicted molar refractivity (Wildman–Crippen MR) is 78.4 cm³/mol. The minimum absolute atomic E-state index is 0.583. The highest BCUT2D eigenvalue weighted by Crippen LogP contribution is 2.43. The smallest absolute Gasteiger partial charge is 0.397 e. The van der Waals surface area contributed by atoms with Gasteiger partial charge in [0.15, 0.2) is 0 Å². The van der Waals surface area contributed by atoms with Crippen molar-refractivity contribution in [1.82, 2.24) is 0 Å². The van der Waals surface area contributed by atoms with Gasteiger partial charge in [0.2, 0.25) is 0 Å². The first kappa shape index (κ1) is 17.3. The monoisotopic (exact) mass is 308 g/mol. The van der Waals surface area contributed by atoms with Crippen molar-refractivity contribution in [3.8, 4) is 0 Å². The van der Waals surface area contributed by atoms with Crippen LogP contribution < -0.4 is 0 Å². The number of rotatable bonds is 9. The lowest BCUT2D eigenvalue weighted by Crippen LogP contribution is -2.43. The van der Waals surface area contributed by atoms with E-state index in [9.17, 15) is 0 Å². The van der Waals surface area contributed by atoms with E-state index in [1.807, 2.05) is 0 Å². The molecule has 19 heavy (non-hydrogen) atoms. The van der Waals surface area contributed by atoms with Crippen molar-refractivity contribution in [2.24, 2.45) is 0 Å². The standard InChI is InChI=1S/C12H28O5Si2/c1-13-18(14-2)10-6-8-12(18)9-7-11-19(15-3,16-4)17-5/h12H,6-11H2,1-5H3. The Bertz CT molecular complexity index is 248. The predicted octanol–water partition coefficient (Wildman–Crippen LogP) is 2.54. The quantitative estimate of drug-likeness (QED) is 0.613. The van der Waals surface area contributed by atoms with E-state index in [0.29, 0.717) is 5.54 Å². The van der Waals surface area contributed by atoms with Gasteiger partial charge in [0.05, 0.1) is 0 Å². The first-order valence-corrected chi connectivity index (χ1v) is 10.9. The van der Waals surface area contributed by atoms with Crippen LogP contribution in [0.5, 0.6) is 0 Å². The normalized spacial score (nSPS) is 22.9. The summed E-state index contributed by atoms with van der Waals surface area (Å²) in [5.41, 5.74) is 0.583. The van der Waals surface area contributed by atoms with Gasteiger partial charge in [-0.1, -0.05) is 6.42 Å². The number of hydrogen-bond acceptors (Lipinski definition) is 5. The van der Waals surface area contributed by atoms with Crippen molar-refractivity contribution in [3.05, 3.63) is 0 Å². The molecule has 1 fully saturated rings. The molecule has 1 aliphatic heterocycles. The van der Waals surface area contributed by atoms with Gasteiger partial charge in [0.1, 0.15) is 0 Å². The summed E-state index contributed by atoms with van der Waals surface area (Å²) >= 11 is 0. The minimum atomic E-state index is -2.42. The molecule has 0 spiro atoms. The van der Waals surface area contributed by atoms with Gasteiger partial charge in [-0.3, -0.25) is 0 Å². The molecule has 1 unspecified atom stereocenters. The Hall–Kier alpha value is 0.234. The molecule has 0 saturated carbocycles. The molecule has 0 aliphatic carbocycles. The summed E-state index contributed by atoms with van der Waals surface area (Å²) in [4.78, 5) is 0. The Labute approximate surface area is 119 Å². The van der Waals surface area contributed by atoms with Crippen molar-refractivity contribution < 1.29 is 22.1 Å². The SMILES string of the molecule is CO[Si](CCCC1CCC[Si]1(OC)OC)(OC)OC. The Morgan fingerprint density at radius 3 is 2.05 bits per heavy atom. The van der Waals surface area contributed by atoms with E-state index in [1.165, 1.54) is 12.8 Å². The fraction of sp³-hybridized carbons (Fsp3) is 1.00. The molecular weight excluding hydrogens is 280 g/mol. The Kier molecular flexibility index (Phi) is 7.16.